The first kappa shape index (κ1) is 20.6. The number of carbonyl (C=O) groups is 1. The van der Waals surface area contributed by atoms with E-state index in [2.05, 4.69) is 26.1 Å². The van der Waals surface area contributed by atoms with E-state index in [1.807, 2.05) is 24.3 Å². The van der Waals surface area contributed by atoms with Gasteiger partial charge in [-0.15, -0.1) is 0 Å². The van der Waals surface area contributed by atoms with Crippen LogP contribution in [0.5, 0.6) is 0 Å². The third-order valence-corrected chi connectivity index (χ3v) is 5.57. The number of benzene rings is 2. The number of alkyl halides is 3. The zero-order valence-electron chi connectivity index (χ0n) is 15.7. The van der Waals surface area contributed by atoms with Gasteiger partial charge < -0.3 is 9.42 Å². The summed E-state index contributed by atoms with van der Waals surface area (Å²) in [4.78, 5) is 18.8. The monoisotopic (exact) mass is 479 g/mol. The number of nitrogens with zero attached hydrogens (tertiary/aromatic N) is 3. The lowest BCUT2D eigenvalue weighted by atomic mass is 9.97. The molecule has 9 heteroatoms. The van der Waals surface area contributed by atoms with Crippen LogP contribution in [-0.4, -0.2) is 34.0 Å². The zero-order chi connectivity index (χ0) is 21.3. The predicted octanol–water partition coefficient (Wildman–Crippen LogP) is 5.54. The molecular weight excluding hydrogens is 463 g/mol. The van der Waals surface area contributed by atoms with E-state index in [1.165, 1.54) is 12.1 Å². The number of halogens is 4. The lowest BCUT2D eigenvalue weighted by Gasteiger charge is -2.31. The van der Waals surface area contributed by atoms with Gasteiger partial charge in [0.2, 0.25) is 11.7 Å². The number of hydrogen-bond acceptors (Lipinski definition) is 4. The van der Waals surface area contributed by atoms with Gasteiger partial charge in [0.1, 0.15) is 0 Å². The van der Waals surface area contributed by atoms with Crippen LogP contribution in [0.25, 0.3) is 11.4 Å². The Balaban J connectivity index is 1.50. The standard InChI is InChI=1S/C21H17BrF3N3O2/c22-17-8-6-13(7-9-17)18-26-19(30-27-18)15-4-2-10-28(12-15)20(29)14-3-1-5-16(11-14)21(23,24)25/h1,3,5-9,11,15H,2,4,10,12H2. The van der Waals surface area contributed by atoms with Gasteiger partial charge in [0.15, 0.2) is 0 Å². The molecule has 0 radical (unpaired) electrons. The molecule has 4 rings (SSSR count). The Kier molecular flexibility index (Phi) is 5.64. The summed E-state index contributed by atoms with van der Waals surface area (Å²) in [5, 5.41) is 4.03. The van der Waals surface area contributed by atoms with E-state index in [0.29, 0.717) is 31.2 Å². The zero-order valence-corrected chi connectivity index (χ0v) is 17.3. The maximum absolute atomic E-state index is 13.0. The Labute approximate surface area is 179 Å². The molecular formula is C21H17BrF3N3O2. The number of amides is 1. The van der Waals surface area contributed by atoms with Crippen molar-refractivity contribution in [3.05, 3.63) is 70.0 Å². The first-order valence-electron chi connectivity index (χ1n) is 9.37. The predicted molar refractivity (Wildman–Crippen MR) is 107 cm³/mol. The second kappa shape index (κ2) is 8.22. The summed E-state index contributed by atoms with van der Waals surface area (Å²) in [7, 11) is 0. The van der Waals surface area contributed by atoms with Crippen LogP contribution >= 0.6 is 15.9 Å². The first-order chi connectivity index (χ1) is 14.3. The van der Waals surface area contributed by atoms with Crippen molar-refractivity contribution in [1.29, 1.82) is 0 Å². The van der Waals surface area contributed by atoms with Crippen LogP contribution in [0.1, 0.15) is 40.6 Å². The molecule has 1 amide bonds. The van der Waals surface area contributed by atoms with E-state index < -0.39 is 17.6 Å². The van der Waals surface area contributed by atoms with Crippen LogP contribution in [0.15, 0.2) is 57.5 Å². The number of likely N-dealkylation sites (tertiary alicyclic amines) is 1. The molecule has 0 saturated carbocycles. The van der Waals surface area contributed by atoms with Crippen molar-refractivity contribution in [3.63, 3.8) is 0 Å². The molecule has 1 aromatic heterocycles. The normalized spacial score (nSPS) is 17.2. The Morgan fingerprint density at radius 2 is 1.93 bits per heavy atom. The van der Waals surface area contributed by atoms with Crippen molar-refractivity contribution >= 4 is 21.8 Å². The molecule has 1 saturated heterocycles. The molecule has 1 atom stereocenters. The highest BCUT2D eigenvalue weighted by molar-refractivity contribution is 9.10. The molecule has 5 nitrogen and oxygen atoms in total. The molecule has 30 heavy (non-hydrogen) atoms. The van der Waals surface area contributed by atoms with Gasteiger partial charge in [0, 0.05) is 28.7 Å². The minimum absolute atomic E-state index is 0.0200. The Morgan fingerprint density at radius 1 is 1.17 bits per heavy atom. The maximum atomic E-state index is 13.0. The van der Waals surface area contributed by atoms with Crippen LogP contribution in [0.3, 0.4) is 0 Å². The van der Waals surface area contributed by atoms with Crippen LogP contribution in [-0.2, 0) is 6.18 Å². The molecule has 0 N–H and O–H groups in total. The summed E-state index contributed by atoms with van der Waals surface area (Å²) in [5.74, 6) is 0.289. The quantitative estimate of drug-likeness (QED) is 0.494. The second-order valence-corrected chi connectivity index (χ2v) is 8.05. The topological polar surface area (TPSA) is 59.2 Å². The molecule has 1 unspecified atom stereocenters. The minimum atomic E-state index is -4.49. The summed E-state index contributed by atoms with van der Waals surface area (Å²) in [5.41, 5.74) is -0.00888. The van der Waals surface area contributed by atoms with E-state index in [9.17, 15) is 18.0 Å². The lowest BCUT2D eigenvalue weighted by Crippen LogP contribution is -2.39. The van der Waals surface area contributed by atoms with E-state index in [1.54, 1.807) is 4.90 Å². The highest BCUT2D eigenvalue weighted by Crippen LogP contribution is 2.31. The summed E-state index contributed by atoms with van der Waals surface area (Å²) in [6.45, 7) is 0.788. The molecule has 1 aliphatic rings. The summed E-state index contributed by atoms with van der Waals surface area (Å²) in [6, 6.07) is 12.0. The van der Waals surface area contributed by atoms with Gasteiger partial charge in [0.25, 0.3) is 5.91 Å². The molecule has 2 heterocycles. The largest absolute Gasteiger partial charge is 0.416 e. The van der Waals surface area contributed by atoms with Gasteiger partial charge in [-0.2, -0.15) is 18.2 Å². The van der Waals surface area contributed by atoms with Crippen molar-refractivity contribution in [2.24, 2.45) is 0 Å². The first-order valence-corrected chi connectivity index (χ1v) is 10.2. The number of rotatable bonds is 3. The van der Waals surface area contributed by atoms with Crippen LogP contribution in [0.4, 0.5) is 13.2 Å². The molecule has 1 fully saturated rings. The van der Waals surface area contributed by atoms with Crippen molar-refractivity contribution in [1.82, 2.24) is 15.0 Å². The minimum Gasteiger partial charge on any atom is -0.339 e. The van der Waals surface area contributed by atoms with E-state index in [0.717, 1.165) is 28.6 Å². The summed E-state index contributed by atoms with van der Waals surface area (Å²) >= 11 is 3.38. The van der Waals surface area contributed by atoms with Gasteiger partial charge in [-0.1, -0.05) is 27.2 Å². The van der Waals surface area contributed by atoms with Crippen molar-refractivity contribution in [2.45, 2.75) is 24.9 Å². The van der Waals surface area contributed by atoms with E-state index in [-0.39, 0.29) is 11.5 Å². The molecule has 156 valence electrons. The molecule has 0 spiro atoms. The van der Waals surface area contributed by atoms with Crippen molar-refractivity contribution < 1.29 is 22.5 Å². The number of hydrogen-bond donors (Lipinski definition) is 0. The van der Waals surface area contributed by atoms with Gasteiger partial charge in [-0.25, -0.2) is 0 Å². The Morgan fingerprint density at radius 3 is 2.67 bits per heavy atom. The third kappa shape index (κ3) is 4.40. The number of aromatic nitrogens is 2. The molecule has 3 aromatic rings. The number of carbonyl (C=O) groups excluding carboxylic acids is 1. The van der Waals surface area contributed by atoms with Gasteiger partial charge in [-0.05, 0) is 55.3 Å². The smallest absolute Gasteiger partial charge is 0.339 e. The highest BCUT2D eigenvalue weighted by Gasteiger charge is 2.33. The fraction of sp³-hybridized carbons (Fsp3) is 0.286. The molecule has 1 aliphatic heterocycles. The maximum Gasteiger partial charge on any atom is 0.416 e. The van der Waals surface area contributed by atoms with Gasteiger partial charge >= 0.3 is 6.18 Å². The fourth-order valence-electron chi connectivity index (χ4n) is 3.49. The van der Waals surface area contributed by atoms with E-state index in [4.69, 9.17) is 4.52 Å². The molecule has 2 aromatic carbocycles. The average molecular weight is 480 g/mol. The van der Waals surface area contributed by atoms with Gasteiger partial charge in [0.05, 0.1) is 11.5 Å². The van der Waals surface area contributed by atoms with Crippen LogP contribution in [0.2, 0.25) is 0 Å². The van der Waals surface area contributed by atoms with Gasteiger partial charge in [-0.3, -0.25) is 4.79 Å². The second-order valence-electron chi connectivity index (χ2n) is 7.13. The third-order valence-electron chi connectivity index (χ3n) is 5.04. The summed E-state index contributed by atoms with van der Waals surface area (Å²) < 4.78 is 45.3. The lowest BCUT2D eigenvalue weighted by molar-refractivity contribution is -0.137. The molecule has 0 aliphatic carbocycles. The number of piperidine rings is 1. The highest BCUT2D eigenvalue weighted by atomic mass is 79.9. The molecule has 0 bridgehead atoms. The van der Waals surface area contributed by atoms with Crippen LogP contribution in [0, 0.1) is 0 Å². The van der Waals surface area contributed by atoms with Crippen molar-refractivity contribution in [2.75, 3.05) is 13.1 Å². The van der Waals surface area contributed by atoms with Crippen molar-refractivity contribution in [3.8, 4) is 11.4 Å². The van der Waals surface area contributed by atoms with Crippen LogP contribution < -0.4 is 0 Å². The summed E-state index contributed by atoms with van der Waals surface area (Å²) in [6.07, 6.45) is -3.03. The van der Waals surface area contributed by atoms with E-state index >= 15 is 0 Å². The Bertz CT molecular complexity index is 1050. The average Bonchev–Trinajstić information content (AvgIpc) is 3.24. The fourth-order valence-corrected chi connectivity index (χ4v) is 3.76. The Hall–Kier alpha value is -2.68. The SMILES string of the molecule is O=C(c1cccc(C(F)(F)F)c1)N1CCCC(c2nc(-c3ccc(Br)cc3)no2)C1.